The molecular weight excluding hydrogens is 639 g/mol. The van der Waals surface area contributed by atoms with Crippen LogP contribution in [0.2, 0.25) is 0 Å². The highest BCUT2D eigenvalue weighted by atomic mass is 15.1. The van der Waals surface area contributed by atoms with Crippen LogP contribution in [0.3, 0.4) is 0 Å². The zero-order valence-electron chi connectivity index (χ0n) is 29.0. The van der Waals surface area contributed by atoms with Crippen molar-refractivity contribution in [2.45, 2.75) is 0 Å². The number of fused-ring (bicyclic) bond motifs is 8. The SMILES string of the molecule is c1ccc(N(c2ccccc2)c2ccc(C3=C4C(=C(c5cccc6ccccc56)c5cc6ccccc6cc54)c4cc5ccccc5cc43)cc2)cc1. The fourth-order valence-corrected chi connectivity index (χ4v) is 8.77. The monoisotopic (exact) mass is 671 g/mol. The number of allylic oxidation sites excluding steroid dienone is 2. The van der Waals surface area contributed by atoms with Crippen molar-refractivity contribution in [2.24, 2.45) is 0 Å². The lowest BCUT2D eigenvalue weighted by Crippen LogP contribution is -2.09. The van der Waals surface area contributed by atoms with Crippen LogP contribution >= 0.6 is 0 Å². The van der Waals surface area contributed by atoms with Crippen molar-refractivity contribution < 1.29 is 0 Å². The van der Waals surface area contributed by atoms with Gasteiger partial charge in [-0.3, -0.25) is 0 Å². The quantitative estimate of drug-likeness (QED) is 0.176. The van der Waals surface area contributed by atoms with E-state index in [1.807, 2.05) is 0 Å². The Morgan fingerprint density at radius 3 is 1.19 bits per heavy atom. The molecule has 0 fully saturated rings. The van der Waals surface area contributed by atoms with Gasteiger partial charge in [-0.25, -0.2) is 0 Å². The molecule has 9 aromatic rings. The van der Waals surface area contributed by atoms with E-state index in [1.165, 1.54) is 88.0 Å². The summed E-state index contributed by atoms with van der Waals surface area (Å²) in [7, 11) is 0. The third-order valence-electron chi connectivity index (χ3n) is 11.1. The normalized spacial score (nSPS) is 13.1. The number of anilines is 3. The minimum absolute atomic E-state index is 1.12. The third-order valence-corrected chi connectivity index (χ3v) is 11.1. The molecule has 2 aliphatic rings. The van der Waals surface area contributed by atoms with Gasteiger partial charge in [0, 0.05) is 17.1 Å². The molecule has 1 nitrogen and oxygen atoms in total. The van der Waals surface area contributed by atoms with Crippen molar-refractivity contribution >= 4 is 71.7 Å². The molecular formula is C52H33N. The molecule has 0 unspecified atom stereocenters. The van der Waals surface area contributed by atoms with E-state index in [1.54, 1.807) is 0 Å². The molecule has 0 radical (unpaired) electrons. The van der Waals surface area contributed by atoms with E-state index in [2.05, 4.69) is 205 Å². The molecule has 0 spiro atoms. The standard InChI is InChI=1S/C52H33N/c1-3-20-40(21-4-1)53(41-22-5-2-6-23-41)42-28-26-35(27-29-42)49-45-30-36-15-7-9-17-38(36)32-47(45)52-50(44-25-13-19-34-14-11-12-24-43(34)44)46-31-37-16-8-10-18-39(37)33-48(46)51(49)52/h1-33H. The second-order valence-electron chi connectivity index (χ2n) is 14.1. The predicted octanol–water partition coefficient (Wildman–Crippen LogP) is 13.9. The van der Waals surface area contributed by atoms with Gasteiger partial charge in [0.05, 0.1) is 0 Å². The zero-order chi connectivity index (χ0) is 34.9. The van der Waals surface area contributed by atoms with Crippen LogP contribution in [-0.4, -0.2) is 0 Å². The number of para-hydroxylation sites is 2. The summed E-state index contributed by atoms with van der Waals surface area (Å²) in [5.74, 6) is 0. The minimum atomic E-state index is 1.12. The lowest BCUT2D eigenvalue weighted by Gasteiger charge is -2.25. The first-order valence-corrected chi connectivity index (χ1v) is 18.3. The van der Waals surface area contributed by atoms with Gasteiger partial charge < -0.3 is 4.90 Å². The average Bonchev–Trinajstić information content (AvgIpc) is 3.71. The Morgan fingerprint density at radius 1 is 0.245 bits per heavy atom. The third kappa shape index (κ3) is 4.64. The van der Waals surface area contributed by atoms with Crippen molar-refractivity contribution in [1.82, 2.24) is 0 Å². The lowest BCUT2D eigenvalue weighted by atomic mass is 9.88. The number of benzene rings is 9. The second kappa shape index (κ2) is 11.8. The summed E-state index contributed by atoms with van der Waals surface area (Å²) in [5, 5.41) is 7.57. The molecule has 0 aromatic heterocycles. The summed E-state index contributed by atoms with van der Waals surface area (Å²) in [6.07, 6.45) is 0. The van der Waals surface area contributed by atoms with Gasteiger partial charge in [0.15, 0.2) is 0 Å². The van der Waals surface area contributed by atoms with E-state index in [9.17, 15) is 0 Å². The van der Waals surface area contributed by atoms with Crippen LogP contribution in [0.4, 0.5) is 17.1 Å². The molecule has 0 heterocycles. The van der Waals surface area contributed by atoms with Gasteiger partial charge in [-0.1, -0.05) is 140 Å². The van der Waals surface area contributed by atoms with E-state index >= 15 is 0 Å². The van der Waals surface area contributed by atoms with Crippen LogP contribution < -0.4 is 4.90 Å². The van der Waals surface area contributed by atoms with Crippen LogP contribution in [-0.2, 0) is 0 Å². The van der Waals surface area contributed by atoms with Crippen LogP contribution in [0.25, 0.3) is 54.6 Å². The Balaban J connectivity index is 1.21. The maximum atomic E-state index is 2.44. The molecule has 53 heavy (non-hydrogen) atoms. The Labute approximate surface area is 309 Å². The second-order valence-corrected chi connectivity index (χ2v) is 14.1. The fourth-order valence-electron chi connectivity index (χ4n) is 8.77. The molecule has 0 N–H and O–H groups in total. The van der Waals surface area contributed by atoms with Gasteiger partial charge in [-0.05, 0) is 149 Å². The largest absolute Gasteiger partial charge is 0.311 e. The zero-order valence-corrected chi connectivity index (χ0v) is 29.0. The van der Waals surface area contributed by atoms with Crippen LogP contribution in [0.15, 0.2) is 200 Å². The molecule has 0 aliphatic heterocycles. The Kier molecular flexibility index (Phi) is 6.62. The molecule has 0 atom stereocenters. The molecule has 1 heteroatoms. The first-order chi connectivity index (χ1) is 26.3. The summed E-state index contributed by atoms with van der Waals surface area (Å²) < 4.78 is 0. The van der Waals surface area contributed by atoms with Crippen molar-refractivity contribution in [1.29, 1.82) is 0 Å². The molecule has 0 bridgehead atoms. The van der Waals surface area contributed by atoms with E-state index in [0.29, 0.717) is 0 Å². The number of nitrogens with zero attached hydrogens (tertiary/aromatic N) is 1. The Morgan fingerprint density at radius 2 is 0.642 bits per heavy atom. The molecule has 9 aromatic carbocycles. The van der Waals surface area contributed by atoms with Crippen LogP contribution in [0.1, 0.15) is 33.4 Å². The van der Waals surface area contributed by atoms with Crippen molar-refractivity contribution in [2.75, 3.05) is 4.90 Å². The first kappa shape index (κ1) is 29.7. The summed E-state index contributed by atoms with van der Waals surface area (Å²) >= 11 is 0. The van der Waals surface area contributed by atoms with E-state index < -0.39 is 0 Å². The maximum absolute atomic E-state index is 2.44. The summed E-state index contributed by atoms with van der Waals surface area (Å²) in [4.78, 5) is 2.33. The van der Waals surface area contributed by atoms with Gasteiger partial charge >= 0.3 is 0 Å². The number of hydrogen-bond acceptors (Lipinski definition) is 1. The minimum Gasteiger partial charge on any atom is -0.311 e. The van der Waals surface area contributed by atoms with E-state index in [4.69, 9.17) is 0 Å². The summed E-state index contributed by atoms with van der Waals surface area (Å²) in [5.41, 5.74) is 16.4. The number of rotatable bonds is 5. The Hall–Kier alpha value is -6.96. The van der Waals surface area contributed by atoms with Gasteiger partial charge in [0.25, 0.3) is 0 Å². The first-order valence-electron chi connectivity index (χ1n) is 18.3. The molecule has 11 rings (SSSR count). The fraction of sp³-hybridized carbons (Fsp3) is 0. The van der Waals surface area contributed by atoms with Gasteiger partial charge in [0.2, 0.25) is 0 Å². The summed E-state index contributed by atoms with van der Waals surface area (Å²) in [6, 6.07) is 73.4. The molecule has 2 aliphatic carbocycles. The Bertz CT molecular complexity index is 2920. The maximum Gasteiger partial charge on any atom is 0.0462 e. The van der Waals surface area contributed by atoms with Gasteiger partial charge in [-0.15, -0.1) is 0 Å². The topological polar surface area (TPSA) is 3.24 Å². The molecule has 0 saturated heterocycles. The van der Waals surface area contributed by atoms with Crippen molar-refractivity contribution in [3.8, 4) is 0 Å². The lowest BCUT2D eigenvalue weighted by molar-refractivity contribution is 1.28. The molecule has 0 saturated carbocycles. The van der Waals surface area contributed by atoms with Crippen molar-refractivity contribution in [3.63, 3.8) is 0 Å². The van der Waals surface area contributed by atoms with Crippen molar-refractivity contribution in [3.05, 3.63) is 234 Å². The predicted molar refractivity (Wildman–Crippen MR) is 225 cm³/mol. The van der Waals surface area contributed by atoms with E-state index in [0.717, 1.165) is 17.1 Å². The average molecular weight is 672 g/mol. The van der Waals surface area contributed by atoms with Crippen LogP contribution in [0, 0.1) is 0 Å². The summed E-state index contributed by atoms with van der Waals surface area (Å²) in [6.45, 7) is 0. The highest BCUT2D eigenvalue weighted by Gasteiger charge is 2.38. The van der Waals surface area contributed by atoms with Gasteiger partial charge in [-0.2, -0.15) is 0 Å². The molecule has 0 amide bonds. The smallest absolute Gasteiger partial charge is 0.0462 e. The van der Waals surface area contributed by atoms with E-state index in [-0.39, 0.29) is 0 Å². The number of hydrogen-bond donors (Lipinski definition) is 0. The highest BCUT2D eigenvalue weighted by Crippen LogP contribution is 2.60. The highest BCUT2D eigenvalue weighted by molar-refractivity contribution is 6.37. The van der Waals surface area contributed by atoms with Gasteiger partial charge in [0.1, 0.15) is 0 Å². The molecule has 246 valence electrons. The van der Waals surface area contributed by atoms with Crippen LogP contribution in [0.5, 0.6) is 0 Å².